The van der Waals surface area contributed by atoms with Crippen LogP contribution < -0.4 is 11.1 Å². The zero-order chi connectivity index (χ0) is 12.3. The number of rotatable bonds is 3. The molecule has 88 valence electrons. The van der Waals surface area contributed by atoms with Crippen molar-refractivity contribution < 1.29 is 9.21 Å². The molecule has 0 aliphatic heterocycles. The second-order valence-electron chi connectivity index (χ2n) is 3.70. The first-order valence-electron chi connectivity index (χ1n) is 5.44. The summed E-state index contributed by atoms with van der Waals surface area (Å²) < 4.78 is 5.35. The van der Waals surface area contributed by atoms with E-state index < -0.39 is 0 Å². The van der Waals surface area contributed by atoms with Crippen molar-refractivity contribution in [2.45, 2.75) is 13.3 Å². The zero-order valence-electron chi connectivity index (χ0n) is 9.57. The summed E-state index contributed by atoms with van der Waals surface area (Å²) in [5.41, 5.74) is 6.91. The zero-order valence-corrected chi connectivity index (χ0v) is 9.57. The summed E-state index contributed by atoms with van der Waals surface area (Å²) in [7, 11) is 0. The third kappa shape index (κ3) is 2.66. The Kier molecular flexibility index (Phi) is 3.14. The van der Waals surface area contributed by atoms with E-state index in [0.717, 1.165) is 12.2 Å². The predicted octanol–water partition coefficient (Wildman–Crippen LogP) is 2.68. The first kappa shape index (κ1) is 11.3. The van der Waals surface area contributed by atoms with Crippen molar-refractivity contribution in [3.05, 3.63) is 47.9 Å². The van der Waals surface area contributed by atoms with Gasteiger partial charge in [0.15, 0.2) is 5.76 Å². The molecule has 0 aliphatic rings. The molecule has 3 N–H and O–H groups in total. The van der Waals surface area contributed by atoms with Gasteiger partial charge in [0.1, 0.15) is 5.76 Å². The summed E-state index contributed by atoms with van der Waals surface area (Å²) in [6.07, 6.45) is 0.773. The molecule has 0 aliphatic carbocycles. The average molecular weight is 230 g/mol. The molecule has 0 fully saturated rings. The maximum Gasteiger partial charge on any atom is 0.291 e. The lowest BCUT2D eigenvalue weighted by Crippen LogP contribution is -2.10. The van der Waals surface area contributed by atoms with Crippen LogP contribution in [0.15, 0.2) is 40.8 Å². The molecule has 0 radical (unpaired) electrons. The normalized spacial score (nSPS) is 10.2. The van der Waals surface area contributed by atoms with Gasteiger partial charge in [0.2, 0.25) is 0 Å². The Labute approximate surface area is 99.4 Å². The minimum Gasteiger partial charge on any atom is -0.456 e. The monoisotopic (exact) mass is 230 g/mol. The molecule has 4 nitrogen and oxygen atoms in total. The summed E-state index contributed by atoms with van der Waals surface area (Å²) in [4.78, 5) is 11.8. The molecule has 0 spiro atoms. The Morgan fingerprint density at radius 3 is 2.53 bits per heavy atom. The molecule has 0 unspecified atom stereocenters. The molecule has 0 bridgehead atoms. The Balaban J connectivity index is 2.08. The number of carbonyl (C=O) groups is 1. The Hall–Kier alpha value is -2.23. The SMILES string of the molecule is CCc1ccc(C(=O)Nc2ccc(N)cc2)o1. The van der Waals surface area contributed by atoms with Gasteiger partial charge in [-0.3, -0.25) is 4.79 Å². The molecule has 1 amide bonds. The number of nitrogens with two attached hydrogens (primary N) is 1. The molecule has 1 aromatic carbocycles. The van der Waals surface area contributed by atoms with Gasteiger partial charge in [-0.05, 0) is 36.4 Å². The quantitative estimate of drug-likeness (QED) is 0.796. The number of amides is 1. The molecule has 1 aromatic heterocycles. The van der Waals surface area contributed by atoms with E-state index in [2.05, 4.69) is 5.32 Å². The molecule has 17 heavy (non-hydrogen) atoms. The van der Waals surface area contributed by atoms with E-state index in [0.29, 0.717) is 17.1 Å². The number of benzene rings is 1. The maximum atomic E-state index is 11.8. The fourth-order valence-corrected chi connectivity index (χ4v) is 1.45. The lowest BCUT2D eigenvalue weighted by molar-refractivity contribution is 0.0995. The molecular formula is C13H14N2O2. The fraction of sp³-hybridized carbons (Fsp3) is 0.154. The van der Waals surface area contributed by atoms with Crippen molar-refractivity contribution in [3.63, 3.8) is 0 Å². The van der Waals surface area contributed by atoms with Gasteiger partial charge in [0, 0.05) is 17.8 Å². The van der Waals surface area contributed by atoms with Crippen LogP contribution in [0.4, 0.5) is 11.4 Å². The van der Waals surface area contributed by atoms with Gasteiger partial charge in [-0.25, -0.2) is 0 Å². The van der Waals surface area contributed by atoms with Crippen LogP contribution in [-0.2, 0) is 6.42 Å². The van der Waals surface area contributed by atoms with Crippen LogP contribution in [0.1, 0.15) is 23.2 Å². The largest absolute Gasteiger partial charge is 0.456 e. The standard InChI is InChI=1S/C13H14N2O2/c1-2-11-7-8-12(17-11)13(16)15-10-5-3-9(14)4-6-10/h3-8H,2,14H2,1H3,(H,15,16). The van der Waals surface area contributed by atoms with Crippen molar-refractivity contribution in [1.29, 1.82) is 0 Å². The highest BCUT2D eigenvalue weighted by Gasteiger charge is 2.10. The van der Waals surface area contributed by atoms with E-state index >= 15 is 0 Å². The molecule has 2 aromatic rings. The lowest BCUT2D eigenvalue weighted by atomic mass is 10.3. The van der Waals surface area contributed by atoms with E-state index in [1.807, 2.05) is 6.92 Å². The smallest absolute Gasteiger partial charge is 0.291 e. The van der Waals surface area contributed by atoms with Gasteiger partial charge >= 0.3 is 0 Å². The van der Waals surface area contributed by atoms with E-state index in [-0.39, 0.29) is 5.91 Å². The van der Waals surface area contributed by atoms with Crippen LogP contribution in [0.5, 0.6) is 0 Å². The van der Waals surface area contributed by atoms with Crippen LogP contribution in [-0.4, -0.2) is 5.91 Å². The van der Waals surface area contributed by atoms with E-state index in [9.17, 15) is 4.79 Å². The minimum atomic E-state index is -0.255. The summed E-state index contributed by atoms with van der Waals surface area (Å²) in [5, 5.41) is 2.73. The number of carbonyl (C=O) groups excluding carboxylic acids is 1. The number of hydrogen-bond donors (Lipinski definition) is 2. The van der Waals surface area contributed by atoms with Crippen molar-refractivity contribution in [3.8, 4) is 0 Å². The van der Waals surface area contributed by atoms with Crippen LogP contribution >= 0.6 is 0 Å². The number of furan rings is 1. The van der Waals surface area contributed by atoms with Crippen molar-refractivity contribution in [2.24, 2.45) is 0 Å². The van der Waals surface area contributed by atoms with Gasteiger partial charge in [0.25, 0.3) is 5.91 Å². The van der Waals surface area contributed by atoms with Gasteiger partial charge < -0.3 is 15.5 Å². The topological polar surface area (TPSA) is 68.3 Å². The number of nitrogen functional groups attached to an aromatic ring is 1. The second-order valence-corrected chi connectivity index (χ2v) is 3.70. The first-order chi connectivity index (χ1) is 8.19. The second kappa shape index (κ2) is 4.74. The minimum absolute atomic E-state index is 0.255. The Morgan fingerprint density at radius 1 is 1.24 bits per heavy atom. The third-order valence-electron chi connectivity index (χ3n) is 2.40. The highest BCUT2D eigenvalue weighted by atomic mass is 16.3. The number of hydrogen-bond acceptors (Lipinski definition) is 3. The Morgan fingerprint density at radius 2 is 1.94 bits per heavy atom. The fourth-order valence-electron chi connectivity index (χ4n) is 1.45. The molecule has 0 saturated carbocycles. The average Bonchev–Trinajstić information content (AvgIpc) is 2.81. The first-order valence-corrected chi connectivity index (χ1v) is 5.44. The third-order valence-corrected chi connectivity index (χ3v) is 2.40. The highest BCUT2D eigenvalue weighted by molar-refractivity contribution is 6.02. The molecule has 0 saturated heterocycles. The molecular weight excluding hydrogens is 216 g/mol. The van der Waals surface area contributed by atoms with Crippen molar-refractivity contribution in [2.75, 3.05) is 11.1 Å². The lowest BCUT2D eigenvalue weighted by Gasteiger charge is -2.03. The summed E-state index contributed by atoms with van der Waals surface area (Å²) in [5.74, 6) is 0.862. The molecule has 0 atom stereocenters. The number of nitrogens with one attached hydrogen (secondary N) is 1. The van der Waals surface area contributed by atoms with Crippen LogP contribution in [0, 0.1) is 0 Å². The van der Waals surface area contributed by atoms with E-state index in [4.69, 9.17) is 10.2 Å². The predicted molar refractivity (Wildman–Crippen MR) is 66.9 cm³/mol. The van der Waals surface area contributed by atoms with E-state index in [1.165, 1.54) is 0 Å². The van der Waals surface area contributed by atoms with Gasteiger partial charge in [-0.2, -0.15) is 0 Å². The number of anilines is 2. The van der Waals surface area contributed by atoms with Gasteiger partial charge in [0.05, 0.1) is 0 Å². The van der Waals surface area contributed by atoms with Crippen molar-refractivity contribution >= 4 is 17.3 Å². The highest BCUT2D eigenvalue weighted by Crippen LogP contribution is 2.14. The van der Waals surface area contributed by atoms with Crippen LogP contribution in [0.3, 0.4) is 0 Å². The van der Waals surface area contributed by atoms with Gasteiger partial charge in [-0.1, -0.05) is 6.92 Å². The summed E-state index contributed by atoms with van der Waals surface area (Å²) in [6, 6.07) is 10.4. The number of aryl methyl sites for hydroxylation is 1. The summed E-state index contributed by atoms with van der Waals surface area (Å²) >= 11 is 0. The molecule has 1 heterocycles. The van der Waals surface area contributed by atoms with Gasteiger partial charge in [-0.15, -0.1) is 0 Å². The molecule has 2 rings (SSSR count). The maximum absolute atomic E-state index is 11.8. The molecule has 4 heteroatoms. The Bertz CT molecular complexity index is 514. The summed E-state index contributed by atoms with van der Waals surface area (Å²) in [6.45, 7) is 1.97. The van der Waals surface area contributed by atoms with Crippen molar-refractivity contribution in [1.82, 2.24) is 0 Å². The van der Waals surface area contributed by atoms with E-state index in [1.54, 1.807) is 36.4 Å². The van der Waals surface area contributed by atoms with Crippen LogP contribution in [0.25, 0.3) is 0 Å². The van der Waals surface area contributed by atoms with Crippen LogP contribution in [0.2, 0.25) is 0 Å².